The molecule has 1 aliphatic rings. The highest BCUT2D eigenvalue weighted by Gasteiger charge is 2.32. The molecular weight excluding hydrogens is 206 g/mol. The Bertz CT molecular complexity index is 380. The molecule has 6 nitrogen and oxygen atoms in total. The van der Waals surface area contributed by atoms with Crippen molar-refractivity contribution in [3.05, 3.63) is 11.6 Å². The lowest BCUT2D eigenvalue weighted by Crippen LogP contribution is -2.52. The summed E-state index contributed by atoms with van der Waals surface area (Å²) < 4.78 is 3.77. The fourth-order valence-electron chi connectivity index (χ4n) is 1.12. The maximum Gasteiger partial charge on any atom is 0.335 e. The van der Waals surface area contributed by atoms with Crippen LogP contribution in [0, 0.1) is 0 Å². The van der Waals surface area contributed by atoms with E-state index in [9.17, 15) is 14.4 Å². The zero-order valence-electron chi connectivity index (χ0n) is 6.89. The normalized spacial score (nSPS) is 17.1. The number of amides is 4. The van der Waals surface area contributed by atoms with E-state index in [1.807, 2.05) is 0 Å². The van der Waals surface area contributed by atoms with Gasteiger partial charge in [-0.2, -0.15) is 4.37 Å². The van der Waals surface area contributed by atoms with Crippen LogP contribution in [0.25, 0.3) is 0 Å². The number of hydrogen-bond acceptors (Lipinski definition) is 5. The van der Waals surface area contributed by atoms with Crippen LogP contribution in [0.4, 0.5) is 10.5 Å². The van der Waals surface area contributed by atoms with Crippen LogP contribution in [-0.4, -0.2) is 22.2 Å². The number of anilines is 1. The zero-order valence-corrected chi connectivity index (χ0v) is 7.71. The number of nitrogens with zero attached hydrogens (tertiary/aromatic N) is 2. The van der Waals surface area contributed by atoms with Crippen LogP contribution in [0.1, 0.15) is 6.42 Å². The third-order valence-electron chi connectivity index (χ3n) is 1.69. The molecule has 0 aromatic carbocycles. The summed E-state index contributed by atoms with van der Waals surface area (Å²) in [4.78, 5) is 34.3. The van der Waals surface area contributed by atoms with Crippen LogP contribution in [0.15, 0.2) is 11.6 Å². The molecule has 1 aliphatic heterocycles. The summed E-state index contributed by atoms with van der Waals surface area (Å²) in [5.41, 5.74) is 0.394. The van der Waals surface area contributed by atoms with E-state index >= 15 is 0 Å². The second kappa shape index (κ2) is 3.18. The van der Waals surface area contributed by atoms with Crippen LogP contribution in [-0.2, 0) is 9.59 Å². The first-order valence-corrected chi connectivity index (χ1v) is 4.58. The van der Waals surface area contributed by atoms with Crippen molar-refractivity contribution in [3.63, 3.8) is 0 Å². The second-order valence-corrected chi connectivity index (χ2v) is 3.30. The highest BCUT2D eigenvalue weighted by Crippen LogP contribution is 2.18. The average Bonchev–Trinajstić information content (AvgIpc) is 2.54. The standard InChI is InChI=1S/C7H5N3O3S/c11-5-1-6(12)10(7(13)9-5)4-2-8-14-3-4/h2-3H,1H2,(H,9,11,13). The minimum Gasteiger partial charge on any atom is -0.277 e. The van der Waals surface area contributed by atoms with E-state index < -0.39 is 17.8 Å². The van der Waals surface area contributed by atoms with E-state index in [-0.39, 0.29) is 6.42 Å². The lowest BCUT2D eigenvalue weighted by Gasteiger charge is -2.22. The van der Waals surface area contributed by atoms with Gasteiger partial charge in [0.25, 0.3) is 0 Å². The third kappa shape index (κ3) is 1.37. The Morgan fingerprint density at radius 2 is 2.21 bits per heavy atom. The van der Waals surface area contributed by atoms with Gasteiger partial charge >= 0.3 is 6.03 Å². The molecule has 1 aromatic rings. The zero-order chi connectivity index (χ0) is 10.1. The molecule has 1 N–H and O–H groups in total. The van der Waals surface area contributed by atoms with Crippen molar-refractivity contribution < 1.29 is 14.4 Å². The highest BCUT2D eigenvalue weighted by molar-refractivity contribution is 7.04. The monoisotopic (exact) mass is 211 g/mol. The molecule has 0 spiro atoms. The number of barbiturate groups is 1. The molecule has 0 bridgehead atoms. The first-order chi connectivity index (χ1) is 6.68. The van der Waals surface area contributed by atoms with Crippen LogP contribution < -0.4 is 10.2 Å². The molecule has 1 saturated heterocycles. The Morgan fingerprint density at radius 3 is 2.79 bits per heavy atom. The van der Waals surface area contributed by atoms with E-state index in [1.165, 1.54) is 6.20 Å². The van der Waals surface area contributed by atoms with Gasteiger partial charge in [0, 0.05) is 5.38 Å². The Morgan fingerprint density at radius 1 is 1.43 bits per heavy atom. The molecule has 0 aliphatic carbocycles. The minimum atomic E-state index is -0.716. The largest absolute Gasteiger partial charge is 0.335 e. The number of aromatic nitrogens is 1. The topological polar surface area (TPSA) is 79.4 Å². The number of imide groups is 2. The molecule has 0 radical (unpaired) electrons. The smallest absolute Gasteiger partial charge is 0.277 e. The average molecular weight is 211 g/mol. The second-order valence-electron chi connectivity index (χ2n) is 2.64. The molecule has 4 amide bonds. The molecule has 0 atom stereocenters. The summed E-state index contributed by atoms with van der Waals surface area (Å²) in [6.45, 7) is 0. The van der Waals surface area contributed by atoms with Crippen molar-refractivity contribution >= 4 is 35.1 Å². The highest BCUT2D eigenvalue weighted by atomic mass is 32.1. The van der Waals surface area contributed by atoms with Gasteiger partial charge in [-0.1, -0.05) is 0 Å². The predicted molar refractivity (Wildman–Crippen MR) is 47.8 cm³/mol. The van der Waals surface area contributed by atoms with E-state index in [0.717, 1.165) is 16.4 Å². The van der Waals surface area contributed by atoms with Gasteiger partial charge in [0.2, 0.25) is 11.8 Å². The van der Waals surface area contributed by atoms with E-state index in [4.69, 9.17) is 0 Å². The van der Waals surface area contributed by atoms with Crippen LogP contribution >= 0.6 is 11.5 Å². The maximum atomic E-state index is 11.3. The lowest BCUT2D eigenvalue weighted by molar-refractivity contribution is -0.128. The number of urea groups is 1. The summed E-state index contributed by atoms with van der Waals surface area (Å²) in [7, 11) is 0. The molecule has 2 rings (SSSR count). The van der Waals surface area contributed by atoms with Gasteiger partial charge in [-0.05, 0) is 11.5 Å². The predicted octanol–water partition coefficient (Wildman–Crippen LogP) is 0.116. The van der Waals surface area contributed by atoms with Crippen molar-refractivity contribution in [3.8, 4) is 0 Å². The first-order valence-electron chi connectivity index (χ1n) is 3.74. The Labute approximate surface area is 82.7 Å². The van der Waals surface area contributed by atoms with Gasteiger partial charge in [0.15, 0.2) is 0 Å². The molecule has 1 fully saturated rings. The van der Waals surface area contributed by atoms with Gasteiger partial charge < -0.3 is 0 Å². The Balaban J connectivity index is 2.31. The van der Waals surface area contributed by atoms with Crippen LogP contribution in [0.2, 0.25) is 0 Å². The van der Waals surface area contributed by atoms with Crippen LogP contribution in [0.3, 0.4) is 0 Å². The van der Waals surface area contributed by atoms with E-state index in [1.54, 1.807) is 5.38 Å². The van der Waals surface area contributed by atoms with Crippen molar-refractivity contribution in [2.45, 2.75) is 6.42 Å². The number of rotatable bonds is 1. The summed E-state index contributed by atoms with van der Waals surface area (Å²) in [6, 6.07) is -0.716. The van der Waals surface area contributed by atoms with Crippen LogP contribution in [0.5, 0.6) is 0 Å². The molecular formula is C7H5N3O3S. The summed E-state index contributed by atoms with van der Waals surface area (Å²) in [6.07, 6.45) is 1.10. The van der Waals surface area contributed by atoms with Crippen molar-refractivity contribution in [1.29, 1.82) is 0 Å². The molecule has 0 unspecified atom stereocenters. The van der Waals surface area contributed by atoms with Gasteiger partial charge in [0.05, 0.1) is 11.9 Å². The fourth-order valence-corrected chi connectivity index (χ4v) is 1.62. The molecule has 14 heavy (non-hydrogen) atoms. The molecule has 2 heterocycles. The van der Waals surface area contributed by atoms with E-state index in [2.05, 4.69) is 9.69 Å². The van der Waals surface area contributed by atoms with Gasteiger partial charge in [-0.15, -0.1) is 0 Å². The van der Waals surface area contributed by atoms with Crippen molar-refractivity contribution in [2.75, 3.05) is 4.90 Å². The maximum absolute atomic E-state index is 11.3. The minimum absolute atomic E-state index is 0.304. The van der Waals surface area contributed by atoms with Crippen molar-refractivity contribution in [1.82, 2.24) is 9.69 Å². The van der Waals surface area contributed by atoms with Gasteiger partial charge in [-0.3, -0.25) is 14.9 Å². The van der Waals surface area contributed by atoms with E-state index in [0.29, 0.717) is 5.69 Å². The number of carbonyl (C=O) groups is 3. The lowest BCUT2D eigenvalue weighted by atomic mass is 10.3. The van der Waals surface area contributed by atoms with Gasteiger partial charge in [0.1, 0.15) is 6.42 Å². The SMILES string of the molecule is O=C1CC(=O)N(c2cnsc2)C(=O)N1. The molecule has 1 aromatic heterocycles. The summed E-state index contributed by atoms with van der Waals surface area (Å²) in [5.74, 6) is -1.10. The molecule has 72 valence electrons. The summed E-state index contributed by atoms with van der Waals surface area (Å²) >= 11 is 1.13. The molecule has 0 saturated carbocycles. The first kappa shape index (κ1) is 8.82. The van der Waals surface area contributed by atoms with Gasteiger partial charge in [-0.25, -0.2) is 9.69 Å². The van der Waals surface area contributed by atoms with Crippen molar-refractivity contribution in [2.24, 2.45) is 0 Å². The quantitative estimate of drug-likeness (QED) is 0.669. The third-order valence-corrected chi connectivity index (χ3v) is 2.26. The fraction of sp³-hybridized carbons (Fsp3) is 0.143. The number of carbonyl (C=O) groups excluding carboxylic acids is 3. The number of nitrogens with one attached hydrogen (secondary N) is 1. The summed E-state index contributed by atoms with van der Waals surface area (Å²) in [5, 5.41) is 3.61. The number of hydrogen-bond donors (Lipinski definition) is 1. The Hall–Kier alpha value is -1.76. The molecule has 7 heteroatoms. The Kier molecular flexibility index (Phi) is 2.01.